The van der Waals surface area contributed by atoms with Crippen LogP contribution < -0.4 is 10.4 Å². The van der Waals surface area contributed by atoms with Gasteiger partial charge in [-0.15, -0.1) is 0 Å². The molecule has 1 N–H and O–H groups in total. The summed E-state index contributed by atoms with van der Waals surface area (Å²) >= 11 is 0. The van der Waals surface area contributed by atoms with Crippen LogP contribution in [0.15, 0.2) is 66.2 Å². The highest BCUT2D eigenvalue weighted by atomic mass is 19.4. The predicted octanol–water partition coefficient (Wildman–Crippen LogP) is 3.63. The molecule has 0 saturated carbocycles. The second-order valence-electron chi connectivity index (χ2n) is 8.53. The van der Waals surface area contributed by atoms with Crippen molar-refractivity contribution < 1.29 is 40.6 Å². The summed E-state index contributed by atoms with van der Waals surface area (Å²) in [6.45, 7) is -0.962. The van der Waals surface area contributed by atoms with Gasteiger partial charge in [-0.2, -0.15) is 32.1 Å². The summed E-state index contributed by atoms with van der Waals surface area (Å²) in [4.78, 5) is 17.0. The average Bonchev–Trinajstić information content (AvgIpc) is 3.51. The van der Waals surface area contributed by atoms with E-state index < -0.39 is 54.2 Å². The lowest BCUT2D eigenvalue weighted by Crippen LogP contribution is -2.44. The largest absolute Gasteiger partial charge is 0.487 e. The summed E-state index contributed by atoms with van der Waals surface area (Å²) in [5, 5.41) is 19.5. The van der Waals surface area contributed by atoms with Gasteiger partial charge in [-0.25, -0.2) is 32.5 Å². The third-order valence-electron chi connectivity index (χ3n) is 5.97. The first kappa shape index (κ1) is 27.8. The van der Waals surface area contributed by atoms with Crippen molar-refractivity contribution in [3.63, 3.8) is 0 Å². The van der Waals surface area contributed by atoms with Crippen molar-refractivity contribution in [3.8, 4) is 11.4 Å². The quantitative estimate of drug-likeness (QED) is 0.314. The van der Waals surface area contributed by atoms with Crippen LogP contribution in [0.3, 0.4) is 0 Å². The number of ether oxygens (including phenoxy) is 1. The van der Waals surface area contributed by atoms with Crippen molar-refractivity contribution >= 4 is 0 Å². The zero-order valence-corrected chi connectivity index (χ0v) is 19.9. The molecule has 0 bridgehead atoms. The first-order valence-corrected chi connectivity index (χ1v) is 11.1. The van der Waals surface area contributed by atoms with Gasteiger partial charge in [0, 0.05) is 11.6 Å². The summed E-state index contributed by atoms with van der Waals surface area (Å²) in [6.07, 6.45) is -2.30. The van der Waals surface area contributed by atoms with Crippen LogP contribution >= 0.6 is 0 Å². The van der Waals surface area contributed by atoms with Gasteiger partial charge in [0.2, 0.25) is 0 Å². The van der Waals surface area contributed by atoms with Crippen LogP contribution in [0.5, 0.6) is 5.75 Å². The number of hydrogen-bond donors (Lipinski definition) is 1. The molecule has 0 fully saturated rings. The van der Waals surface area contributed by atoms with Crippen LogP contribution in [0.4, 0.5) is 30.7 Å². The summed E-state index contributed by atoms with van der Waals surface area (Å²) in [5.41, 5.74) is -3.22. The first-order chi connectivity index (χ1) is 18.2. The topological polar surface area (TPSA) is 100.0 Å². The monoisotopic (exact) mass is 560 g/mol. The van der Waals surface area contributed by atoms with Gasteiger partial charge in [0.15, 0.2) is 6.61 Å². The lowest BCUT2D eigenvalue weighted by molar-refractivity contribution is -0.290. The molecule has 2 atom stereocenters. The van der Waals surface area contributed by atoms with Crippen LogP contribution in [0.2, 0.25) is 0 Å². The smallest absolute Gasteiger partial charge is 0.456 e. The standard InChI is InChI=1S/C23H19F7N6O3/c1-14(21(38,9-34-12-31-11-32-34)18-7-2-15(24)8-19(18)25)36-20(37)35(13-33-36)16-3-5-17(6-4-16)39-10-22(26,27)23(28,29)30/h2-8,11-14,38H,9-10H2,1H3/t14-,21-/m1/s1. The third-order valence-corrected chi connectivity index (χ3v) is 5.97. The van der Waals surface area contributed by atoms with Gasteiger partial charge in [-0.05, 0) is 37.3 Å². The fraction of sp³-hybridized carbons (Fsp3) is 0.304. The normalized spacial score (nSPS) is 14.7. The SMILES string of the molecule is C[C@@H](n1ncn(-c2ccc(OCC(F)(F)C(F)(F)F)cc2)c1=O)[C@](O)(Cn1cncn1)c1ccc(F)cc1F. The molecule has 4 rings (SSSR count). The molecule has 9 nitrogen and oxygen atoms in total. The van der Waals surface area contributed by atoms with Crippen LogP contribution in [0.25, 0.3) is 5.69 Å². The predicted molar refractivity (Wildman–Crippen MR) is 119 cm³/mol. The minimum atomic E-state index is -5.78. The molecule has 0 amide bonds. The van der Waals surface area contributed by atoms with E-state index in [1.807, 2.05) is 0 Å². The van der Waals surface area contributed by atoms with Crippen LogP contribution in [0.1, 0.15) is 18.5 Å². The fourth-order valence-corrected chi connectivity index (χ4v) is 3.76. The molecule has 0 aliphatic carbocycles. The minimum Gasteiger partial charge on any atom is -0.487 e. The van der Waals surface area contributed by atoms with Gasteiger partial charge in [-0.3, -0.25) is 0 Å². The Morgan fingerprint density at radius 2 is 1.69 bits per heavy atom. The van der Waals surface area contributed by atoms with Gasteiger partial charge in [0.05, 0.1) is 18.3 Å². The Balaban J connectivity index is 1.63. The van der Waals surface area contributed by atoms with Crippen molar-refractivity contribution in [2.45, 2.75) is 37.2 Å². The number of alkyl halides is 5. The lowest BCUT2D eigenvalue weighted by atomic mass is 9.86. The van der Waals surface area contributed by atoms with Crippen molar-refractivity contribution in [1.82, 2.24) is 29.1 Å². The van der Waals surface area contributed by atoms with Crippen LogP contribution in [-0.4, -0.2) is 52.9 Å². The van der Waals surface area contributed by atoms with E-state index in [1.165, 1.54) is 36.4 Å². The maximum Gasteiger partial charge on any atom is 0.456 e. The van der Waals surface area contributed by atoms with E-state index in [9.17, 15) is 40.6 Å². The number of nitrogens with zero attached hydrogens (tertiary/aromatic N) is 6. The zero-order valence-electron chi connectivity index (χ0n) is 19.9. The van der Waals surface area contributed by atoms with Gasteiger partial charge in [-0.1, -0.05) is 6.07 Å². The van der Waals surface area contributed by atoms with E-state index in [1.54, 1.807) is 0 Å². The Bertz CT molecular complexity index is 1490. The Kier molecular flexibility index (Phi) is 7.25. The van der Waals surface area contributed by atoms with Gasteiger partial charge in [0.1, 0.15) is 42.0 Å². The second-order valence-corrected chi connectivity index (χ2v) is 8.53. The van der Waals surface area contributed by atoms with Crippen LogP contribution in [-0.2, 0) is 12.1 Å². The third kappa shape index (κ3) is 5.50. The average molecular weight is 560 g/mol. The molecule has 0 unspecified atom stereocenters. The highest BCUT2D eigenvalue weighted by Crippen LogP contribution is 2.37. The molecule has 2 aromatic heterocycles. The lowest BCUT2D eigenvalue weighted by Gasteiger charge is -2.34. The zero-order chi connectivity index (χ0) is 28.6. The molecule has 0 saturated heterocycles. The van der Waals surface area contributed by atoms with Gasteiger partial charge < -0.3 is 9.84 Å². The highest BCUT2D eigenvalue weighted by molar-refractivity contribution is 5.37. The Labute approximate surface area is 214 Å². The molecule has 39 heavy (non-hydrogen) atoms. The summed E-state index contributed by atoms with van der Waals surface area (Å²) in [7, 11) is 0. The van der Waals surface area contributed by atoms with Gasteiger partial charge >= 0.3 is 17.8 Å². The van der Waals surface area contributed by atoms with E-state index in [2.05, 4.69) is 19.9 Å². The highest BCUT2D eigenvalue weighted by Gasteiger charge is 2.58. The number of rotatable bonds is 9. The van der Waals surface area contributed by atoms with E-state index in [0.717, 1.165) is 39.8 Å². The Hall–Kier alpha value is -4.21. The number of halogens is 7. The summed E-state index contributed by atoms with van der Waals surface area (Å²) < 4.78 is 99.1. The van der Waals surface area contributed by atoms with Gasteiger partial charge in [0.25, 0.3) is 0 Å². The fourth-order valence-electron chi connectivity index (χ4n) is 3.76. The molecule has 0 radical (unpaired) electrons. The molecule has 0 aliphatic rings. The summed E-state index contributed by atoms with van der Waals surface area (Å²) in [6, 6.07) is 5.84. The number of aliphatic hydroxyl groups is 1. The van der Waals surface area contributed by atoms with E-state index in [4.69, 9.17) is 0 Å². The van der Waals surface area contributed by atoms with Crippen molar-refractivity contribution in [3.05, 3.63) is 89.1 Å². The van der Waals surface area contributed by atoms with Crippen LogP contribution in [0, 0.1) is 11.6 Å². The maximum absolute atomic E-state index is 14.8. The number of aromatic nitrogens is 6. The number of benzene rings is 2. The maximum atomic E-state index is 14.8. The van der Waals surface area contributed by atoms with E-state index in [-0.39, 0.29) is 17.0 Å². The molecule has 4 aromatic rings. The molecular weight excluding hydrogens is 541 g/mol. The molecule has 2 heterocycles. The minimum absolute atomic E-state index is 0.126. The summed E-state index contributed by atoms with van der Waals surface area (Å²) in [5.74, 6) is -7.34. The molecule has 0 spiro atoms. The van der Waals surface area contributed by atoms with Crippen molar-refractivity contribution in [2.75, 3.05) is 6.61 Å². The van der Waals surface area contributed by atoms with E-state index >= 15 is 0 Å². The molecule has 0 aliphatic heterocycles. The molecule has 208 valence electrons. The Morgan fingerprint density at radius 1 is 1.00 bits per heavy atom. The molecule has 16 heteroatoms. The Morgan fingerprint density at radius 3 is 2.28 bits per heavy atom. The molecule has 2 aromatic carbocycles. The second kappa shape index (κ2) is 10.2. The molecular formula is C23H19F7N6O3. The van der Waals surface area contributed by atoms with E-state index in [0.29, 0.717) is 6.07 Å². The van der Waals surface area contributed by atoms with Crippen molar-refractivity contribution in [1.29, 1.82) is 0 Å². The van der Waals surface area contributed by atoms with Crippen molar-refractivity contribution in [2.24, 2.45) is 0 Å². The first-order valence-electron chi connectivity index (χ1n) is 11.1. The number of hydrogen-bond acceptors (Lipinski definition) is 6.